The van der Waals surface area contributed by atoms with Gasteiger partial charge in [0.15, 0.2) is 0 Å². The van der Waals surface area contributed by atoms with Crippen molar-refractivity contribution in [2.45, 2.75) is 19.3 Å². The van der Waals surface area contributed by atoms with Gasteiger partial charge in [0, 0.05) is 44.4 Å². The lowest BCUT2D eigenvalue weighted by atomic mass is 10.1. The van der Waals surface area contributed by atoms with Crippen molar-refractivity contribution in [2.24, 2.45) is 0 Å². The molecule has 0 aliphatic carbocycles. The van der Waals surface area contributed by atoms with E-state index in [1.807, 2.05) is 6.07 Å². The first-order chi connectivity index (χ1) is 12.8. The van der Waals surface area contributed by atoms with E-state index in [1.54, 1.807) is 12.3 Å². The number of pyridine rings is 1. The van der Waals surface area contributed by atoms with E-state index >= 15 is 0 Å². The van der Waals surface area contributed by atoms with Gasteiger partial charge in [-0.15, -0.1) is 0 Å². The number of rotatable bonds is 2. The number of hydrogen-bond donors (Lipinski definition) is 1. The molecular formula is C19H21N7. The van der Waals surface area contributed by atoms with Crippen LogP contribution in [0.3, 0.4) is 0 Å². The van der Waals surface area contributed by atoms with E-state index in [0.29, 0.717) is 11.5 Å². The normalized spacial score (nSPS) is 16.7. The van der Waals surface area contributed by atoms with Crippen LogP contribution in [0.1, 0.15) is 23.2 Å². The Morgan fingerprint density at radius 2 is 1.92 bits per heavy atom. The average molecular weight is 347 g/mol. The summed E-state index contributed by atoms with van der Waals surface area (Å²) >= 11 is 0. The predicted octanol–water partition coefficient (Wildman–Crippen LogP) is 1.70. The van der Waals surface area contributed by atoms with Gasteiger partial charge in [-0.1, -0.05) is 12.2 Å². The summed E-state index contributed by atoms with van der Waals surface area (Å²) in [6.07, 6.45) is 8.70. The third-order valence-corrected chi connectivity index (χ3v) is 4.90. The zero-order valence-corrected chi connectivity index (χ0v) is 14.6. The van der Waals surface area contributed by atoms with Crippen LogP contribution in [-0.4, -0.2) is 41.1 Å². The van der Waals surface area contributed by atoms with E-state index in [1.165, 1.54) is 5.56 Å². The van der Waals surface area contributed by atoms with E-state index in [9.17, 15) is 5.26 Å². The fraction of sp³-hybridized carbons (Fsp3) is 0.368. The summed E-state index contributed by atoms with van der Waals surface area (Å²) in [7, 11) is 0. The summed E-state index contributed by atoms with van der Waals surface area (Å²) in [4.78, 5) is 17.9. The van der Waals surface area contributed by atoms with Crippen LogP contribution >= 0.6 is 0 Å². The molecule has 0 radical (unpaired) electrons. The lowest BCUT2D eigenvalue weighted by molar-refractivity contribution is 0.779. The molecule has 4 rings (SSSR count). The highest BCUT2D eigenvalue weighted by Crippen LogP contribution is 2.28. The Bertz CT molecular complexity index is 884. The second-order valence-corrected chi connectivity index (χ2v) is 6.51. The van der Waals surface area contributed by atoms with Crippen molar-refractivity contribution in [3.8, 4) is 6.07 Å². The van der Waals surface area contributed by atoms with Gasteiger partial charge in [-0.25, -0.2) is 9.97 Å². The van der Waals surface area contributed by atoms with Crippen LogP contribution in [0.5, 0.6) is 0 Å². The van der Waals surface area contributed by atoms with Crippen molar-refractivity contribution < 1.29 is 0 Å². The highest BCUT2D eigenvalue weighted by molar-refractivity contribution is 5.57. The van der Waals surface area contributed by atoms with Crippen molar-refractivity contribution >= 4 is 17.6 Å². The fourth-order valence-electron chi connectivity index (χ4n) is 3.64. The molecule has 4 heterocycles. The molecule has 7 heteroatoms. The first-order valence-electron chi connectivity index (χ1n) is 8.91. The molecule has 0 unspecified atom stereocenters. The van der Waals surface area contributed by atoms with Gasteiger partial charge < -0.3 is 15.5 Å². The molecule has 2 aromatic rings. The van der Waals surface area contributed by atoms with Gasteiger partial charge in [-0.05, 0) is 25.0 Å². The lowest BCUT2D eigenvalue weighted by Crippen LogP contribution is -2.30. The Morgan fingerprint density at radius 1 is 1.04 bits per heavy atom. The number of nitriles is 1. The topological polar surface area (TPSA) is 95.0 Å². The maximum absolute atomic E-state index is 9.37. The molecule has 2 aromatic heterocycles. The van der Waals surface area contributed by atoms with Crippen LogP contribution in [0.4, 0.5) is 17.6 Å². The minimum atomic E-state index is 0.331. The van der Waals surface area contributed by atoms with E-state index in [0.717, 1.165) is 62.8 Å². The number of hydrogen-bond acceptors (Lipinski definition) is 7. The molecule has 2 aliphatic heterocycles. The second-order valence-electron chi connectivity index (χ2n) is 6.51. The SMILES string of the molecule is N#Cc1cccnc1N1CCc2nc(N)nc(N3CC=CCC3)c2CC1. The molecule has 0 aromatic carbocycles. The van der Waals surface area contributed by atoms with Crippen LogP contribution in [0.2, 0.25) is 0 Å². The molecule has 26 heavy (non-hydrogen) atoms. The average Bonchev–Trinajstić information content (AvgIpc) is 2.90. The molecule has 0 atom stereocenters. The molecule has 0 spiro atoms. The molecule has 0 saturated carbocycles. The molecule has 0 amide bonds. The zero-order valence-electron chi connectivity index (χ0n) is 14.6. The molecule has 7 nitrogen and oxygen atoms in total. The van der Waals surface area contributed by atoms with Crippen LogP contribution in [0.25, 0.3) is 0 Å². The second kappa shape index (κ2) is 7.00. The van der Waals surface area contributed by atoms with Crippen LogP contribution in [-0.2, 0) is 12.8 Å². The van der Waals surface area contributed by atoms with E-state index < -0.39 is 0 Å². The summed E-state index contributed by atoms with van der Waals surface area (Å²) in [6.45, 7) is 3.34. The maximum Gasteiger partial charge on any atom is 0.222 e. The largest absolute Gasteiger partial charge is 0.368 e. The number of anilines is 3. The van der Waals surface area contributed by atoms with Crippen molar-refractivity contribution in [3.63, 3.8) is 0 Å². The summed E-state index contributed by atoms with van der Waals surface area (Å²) in [5.74, 6) is 2.03. The van der Waals surface area contributed by atoms with Gasteiger partial charge >= 0.3 is 0 Å². The Balaban J connectivity index is 1.66. The Morgan fingerprint density at radius 3 is 2.73 bits per heavy atom. The molecule has 132 valence electrons. The van der Waals surface area contributed by atoms with E-state index in [-0.39, 0.29) is 0 Å². The van der Waals surface area contributed by atoms with E-state index in [4.69, 9.17) is 5.73 Å². The summed E-state index contributed by atoms with van der Waals surface area (Å²) in [5, 5.41) is 9.37. The van der Waals surface area contributed by atoms with Gasteiger partial charge in [-0.2, -0.15) is 10.2 Å². The van der Waals surface area contributed by atoms with Crippen molar-refractivity contribution in [1.29, 1.82) is 5.26 Å². The molecule has 2 aliphatic rings. The molecule has 2 N–H and O–H groups in total. The lowest BCUT2D eigenvalue weighted by Gasteiger charge is -2.27. The number of nitrogens with zero attached hydrogens (tertiary/aromatic N) is 6. The number of nitrogen functional groups attached to an aromatic ring is 1. The van der Waals surface area contributed by atoms with Gasteiger partial charge in [-0.3, -0.25) is 0 Å². The van der Waals surface area contributed by atoms with Crippen molar-refractivity contribution in [2.75, 3.05) is 41.7 Å². The Kier molecular flexibility index (Phi) is 4.40. The van der Waals surface area contributed by atoms with Gasteiger partial charge in [0.1, 0.15) is 17.7 Å². The minimum absolute atomic E-state index is 0.331. The Labute approximate surface area is 152 Å². The van der Waals surface area contributed by atoms with Gasteiger partial charge in [0.25, 0.3) is 0 Å². The molecular weight excluding hydrogens is 326 g/mol. The summed E-state index contributed by atoms with van der Waals surface area (Å²) in [5.41, 5.74) is 8.78. The quantitative estimate of drug-likeness (QED) is 0.826. The number of nitrogens with two attached hydrogens (primary N) is 1. The standard InChI is InChI=1S/C19H21N7/c20-13-14-5-4-8-22-17(14)26-11-6-15-16(7-12-26)23-19(21)24-18(15)25-9-2-1-3-10-25/h1-2,4-5,8H,3,6-7,9-12H2,(H2,21,23,24). The number of fused-ring (bicyclic) bond motifs is 1. The predicted molar refractivity (Wildman–Crippen MR) is 101 cm³/mol. The maximum atomic E-state index is 9.37. The highest BCUT2D eigenvalue weighted by atomic mass is 15.2. The Hall–Kier alpha value is -3.14. The van der Waals surface area contributed by atoms with Gasteiger partial charge in [0.2, 0.25) is 5.95 Å². The van der Waals surface area contributed by atoms with Gasteiger partial charge in [0.05, 0.1) is 11.3 Å². The minimum Gasteiger partial charge on any atom is -0.368 e. The molecule has 0 saturated heterocycles. The van der Waals surface area contributed by atoms with Crippen LogP contribution in [0.15, 0.2) is 30.5 Å². The fourth-order valence-corrected chi connectivity index (χ4v) is 3.64. The summed E-state index contributed by atoms with van der Waals surface area (Å²) in [6, 6.07) is 5.84. The monoisotopic (exact) mass is 347 g/mol. The van der Waals surface area contributed by atoms with Crippen LogP contribution < -0.4 is 15.5 Å². The smallest absolute Gasteiger partial charge is 0.222 e. The summed E-state index contributed by atoms with van der Waals surface area (Å²) < 4.78 is 0. The van der Waals surface area contributed by atoms with Crippen molar-refractivity contribution in [3.05, 3.63) is 47.3 Å². The number of aromatic nitrogens is 3. The van der Waals surface area contributed by atoms with Crippen molar-refractivity contribution in [1.82, 2.24) is 15.0 Å². The first-order valence-corrected chi connectivity index (χ1v) is 8.91. The first kappa shape index (κ1) is 16.3. The van der Waals surface area contributed by atoms with Crippen LogP contribution in [0, 0.1) is 11.3 Å². The third-order valence-electron chi connectivity index (χ3n) is 4.90. The zero-order chi connectivity index (χ0) is 17.9. The molecule has 0 bridgehead atoms. The highest BCUT2D eigenvalue weighted by Gasteiger charge is 2.24. The van der Waals surface area contributed by atoms with E-state index in [2.05, 4.69) is 43.0 Å². The molecule has 0 fully saturated rings. The third kappa shape index (κ3) is 3.06.